The molecule has 108 valence electrons. The third-order valence-electron chi connectivity index (χ3n) is 3.29. The van der Waals surface area contributed by atoms with Crippen LogP contribution >= 0.6 is 0 Å². The average molecular weight is 273 g/mol. The lowest BCUT2D eigenvalue weighted by atomic mass is 9.79. The molecule has 1 unspecified atom stereocenters. The summed E-state index contributed by atoms with van der Waals surface area (Å²) in [5.41, 5.74) is -0.632. The molecular formula is C14H21BF3O-. The highest BCUT2D eigenvalue weighted by atomic mass is 19.4. The number of ether oxygens (including phenoxy) is 1. The van der Waals surface area contributed by atoms with E-state index in [0.29, 0.717) is 12.5 Å². The fraction of sp³-hybridized carbons (Fsp3) is 0.571. The Labute approximate surface area is 113 Å². The first-order valence-electron chi connectivity index (χ1n) is 6.90. The van der Waals surface area contributed by atoms with Crippen LogP contribution in [0.2, 0.25) is 0 Å². The molecule has 1 aromatic rings. The van der Waals surface area contributed by atoms with E-state index in [4.69, 9.17) is 4.74 Å². The van der Waals surface area contributed by atoms with Crippen molar-refractivity contribution in [3.63, 3.8) is 0 Å². The SMILES string of the molecule is CCCCC(CC)COc1ccccc1[B-](F)(F)F. The van der Waals surface area contributed by atoms with Crippen molar-refractivity contribution in [1.29, 1.82) is 0 Å². The fourth-order valence-corrected chi connectivity index (χ4v) is 1.99. The molecule has 1 rings (SSSR count). The molecule has 1 aromatic carbocycles. The van der Waals surface area contributed by atoms with Crippen LogP contribution in [0.25, 0.3) is 0 Å². The molecule has 0 saturated heterocycles. The van der Waals surface area contributed by atoms with E-state index in [2.05, 4.69) is 6.92 Å². The number of para-hydroxylation sites is 1. The summed E-state index contributed by atoms with van der Waals surface area (Å²) < 4.78 is 43.9. The molecule has 0 aliphatic heterocycles. The summed E-state index contributed by atoms with van der Waals surface area (Å²) in [6, 6.07) is 5.46. The Bertz CT molecular complexity index is 379. The first kappa shape index (κ1) is 15.9. The smallest absolute Gasteiger partial charge is 0.496 e. The highest BCUT2D eigenvalue weighted by Crippen LogP contribution is 2.20. The second-order valence-electron chi connectivity index (χ2n) is 4.84. The summed E-state index contributed by atoms with van der Waals surface area (Å²) in [5.74, 6) is 0.290. The summed E-state index contributed by atoms with van der Waals surface area (Å²) >= 11 is 0. The van der Waals surface area contributed by atoms with Gasteiger partial charge in [0, 0.05) is 0 Å². The second-order valence-corrected chi connectivity index (χ2v) is 4.84. The van der Waals surface area contributed by atoms with Gasteiger partial charge in [0.05, 0.1) is 12.4 Å². The van der Waals surface area contributed by atoms with Gasteiger partial charge in [-0.1, -0.05) is 56.8 Å². The minimum Gasteiger partial charge on any atom is -0.496 e. The van der Waals surface area contributed by atoms with E-state index in [1.54, 1.807) is 6.07 Å². The Hall–Kier alpha value is -1.13. The molecular weight excluding hydrogens is 252 g/mol. The summed E-state index contributed by atoms with van der Waals surface area (Å²) in [6.45, 7) is -0.500. The maximum absolute atomic E-state index is 12.8. The largest absolute Gasteiger partial charge is 0.513 e. The van der Waals surface area contributed by atoms with Crippen molar-refractivity contribution in [3.8, 4) is 5.75 Å². The van der Waals surface area contributed by atoms with Crippen molar-refractivity contribution in [3.05, 3.63) is 24.3 Å². The molecule has 1 nitrogen and oxygen atoms in total. The van der Waals surface area contributed by atoms with Crippen LogP contribution < -0.4 is 10.2 Å². The van der Waals surface area contributed by atoms with Crippen LogP contribution in [0.4, 0.5) is 12.9 Å². The number of benzene rings is 1. The Balaban J connectivity index is 2.66. The summed E-state index contributed by atoms with van der Waals surface area (Å²) in [5, 5.41) is 0. The van der Waals surface area contributed by atoms with Gasteiger partial charge in [-0.25, -0.2) is 0 Å². The maximum atomic E-state index is 12.8. The molecule has 0 aliphatic rings. The van der Waals surface area contributed by atoms with E-state index in [0.717, 1.165) is 31.7 Å². The number of rotatable bonds is 8. The summed E-state index contributed by atoms with van der Waals surface area (Å²) in [4.78, 5) is 0. The van der Waals surface area contributed by atoms with Gasteiger partial charge < -0.3 is 17.7 Å². The molecule has 0 N–H and O–H groups in total. The topological polar surface area (TPSA) is 9.23 Å². The number of hydrogen-bond donors (Lipinski definition) is 0. The first-order valence-corrected chi connectivity index (χ1v) is 6.90. The average Bonchev–Trinajstić information content (AvgIpc) is 2.38. The predicted octanol–water partition coefficient (Wildman–Crippen LogP) is 4.34. The molecule has 0 aliphatic carbocycles. The van der Waals surface area contributed by atoms with Gasteiger partial charge in [0.15, 0.2) is 0 Å². The fourth-order valence-electron chi connectivity index (χ4n) is 1.99. The van der Waals surface area contributed by atoms with Crippen LogP contribution in [0, 0.1) is 5.92 Å². The number of hydrogen-bond acceptors (Lipinski definition) is 1. The Kier molecular flexibility index (Phi) is 6.26. The molecule has 0 aromatic heterocycles. The van der Waals surface area contributed by atoms with E-state index in [1.807, 2.05) is 6.92 Å². The predicted molar refractivity (Wildman–Crippen MR) is 74.0 cm³/mol. The van der Waals surface area contributed by atoms with Crippen molar-refractivity contribution < 1.29 is 17.7 Å². The molecule has 0 spiro atoms. The normalized spacial score (nSPS) is 13.3. The Morgan fingerprint density at radius 2 is 1.84 bits per heavy atom. The molecule has 19 heavy (non-hydrogen) atoms. The van der Waals surface area contributed by atoms with Crippen LogP contribution in [0.1, 0.15) is 39.5 Å². The highest BCUT2D eigenvalue weighted by molar-refractivity contribution is 6.74. The van der Waals surface area contributed by atoms with E-state index < -0.39 is 12.4 Å². The Morgan fingerprint density at radius 1 is 1.16 bits per heavy atom. The van der Waals surface area contributed by atoms with Crippen LogP contribution in [0.15, 0.2) is 24.3 Å². The third kappa shape index (κ3) is 5.17. The second kappa shape index (κ2) is 7.46. The zero-order valence-electron chi connectivity index (χ0n) is 11.5. The van der Waals surface area contributed by atoms with Gasteiger partial charge in [-0.2, -0.15) is 0 Å². The van der Waals surface area contributed by atoms with Crippen molar-refractivity contribution in [1.82, 2.24) is 0 Å². The number of unbranched alkanes of at least 4 members (excludes halogenated alkanes) is 1. The molecule has 0 amide bonds. The lowest BCUT2D eigenvalue weighted by Gasteiger charge is -2.22. The standard InChI is InChI=1S/C14H21BF3O/c1-3-5-8-12(4-2)11-19-14-10-7-6-9-13(14)15(16,17)18/h6-7,9-10,12H,3-5,8,11H2,1-2H3/q-1. The van der Waals surface area contributed by atoms with Gasteiger partial charge >= 0.3 is 6.98 Å². The minimum absolute atomic E-state index is 0.0371. The van der Waals surface area contributed by atoms with Gasteiger partial charge in [-0.3, -0.25) is 0 Å². The third-order valence-corrected chi connectivity index (χ3v) is 3.29. The lowest BCUT2D eigenvalue weighted by Crippen LogP contribution is -2.35. The molecule has 0 heterocycles. The van der Waals surface area contributed by atoms with E-state index >= 15 is 0 Å². The molecule has 0 bridgehead atoms. The van der Waals surface area contributed by atoms with Gasteiger partial charge in [0.2, 0.25) is 0 Å². The summed E-state index contributed by atoms with van der Waals surface area (Å²) in [6.07, 6.45) is 4.12. The molecule has 0 radical (unpaired) electrons. The lowest BCUT2D eigenvalue weighted by molar-refractivity contribution is 0.234. The van der Waals surface area contributed by atoms with Crippen LogP contribution in [-0.4, -0.2) is 13.6 Å². The van der Waals surface area contributed by atoms with Crippen molar-refractivity contribution in [2.75, 3.05) is 6.61 Å². The molecule has 5 heteroatoms. The minimum atomic E-state index is -5.01. The van der Waals surface area contributed by atoms with Gasteiger partial charge in [-0.15, -0.1) is 0 Å². The van der Waals surface area contributed by atoms with E-state index in [-0.39, 0.29) is 5.75 Å². The van der Waals surface area contributed by atoms with Crippen LogP contribution in [-0.2, 0) is 0 Å². The molecule has 0 saturated carbocycles. The maximum Gasteiger partial charge on any atom is 0.513 e. The zero-order chi connectivity index (χ0) is 14.3. The quantitative estimate of drug-likeness (QED) is 0.640. The first-order chi connectivity index (χ1) is 8.99. The summed E-state index contributed by atoms with van der Waals surface area (Å²) in [7, 11) is 0. The van der Waals surface area contributed by atoms with Gasteiger partial charge in [0.25, 0.3) is 0 Å². The molecule has 1 atom stereocenters. The van der Waals surface area contributed by atoms with Crippen LogP contribution in [0.5, 0.6) is 5.75 Å². The van der Waals surface area contributed by atoms with Crippen molar-refractivity contribution in [2.45, 2.75) is 39.5 Å². The number of halogens is 3. The van der Waals surface area contributed by atoms with E-state index in [1.165, 1.54) is 12.1 Å². The van der Waals surface area contributed by atoms with Crippen molar-refractivity contribution in [2.24, 2.45) is 5.92 Å². The van der Waals surface area contributed by atoms with Gasteiger partial charge in [0.1, 0.15) is 0 Å². The van der Waals surface area contributed by atoms with E-state index in [9.17, 15) is 12.9 Å². The highest BCUT2D eigenvalue weighted by Gasteiger charge is 2.29. The molecule has 0 fully saturated rings. The monoisotopic (exact) mass is 273 g/mol. The Morgan fingerprint density at radius 3 is 2.42 bits per heavy atom. The van der Waals surface area contributed by atoms with Gasteiger partial charge in [-0.05, 0) is 18.4 Å². The zero-order valence-corrected chi connectivity index (χ0v) is 11.5. The van der Waals surface area contributed by atoms with Crippen LogP contribution in [0.3, 0.4) is 0 Å². The van der Waals surface area contributed by atoms with Crippen molar-refractivity contribution >= 4 is 12.4 Å².